The summed E-state index contributed by atoms with van der Waals surface area (Å²) in [5.41, 5.74) is 6.41. The Morgan fingerprint density at radius 1 is 1.11 bits per heavy atom. The van der Waals surface area contributed by atoms with Crippen molar-refractivity contribution in [3.05, 3.63) is 65.6 Å². The van der Waals surface area contributed by atoms with Gasteiger partial charge in [0.15, 0.2) is 5.65 Å². The van der Waals surface area contributed by atoms with E-state index in [0.29, 0.717) is 12.8 Å². The Morgan fingerprint density at radius 2 is 1.89 bits per heavy atom. The van der Waals surface area contributed by atoms with E-state index in [1.54, 1.807) is 17.2 Å². The number of benzene rings is 1. The van der Waals surface area contributed by atoms with Crippen molar-refractivity contribution < 1.29 is 4.79 Å². The van der Waals surface area contributed by atoms with E-state index in [-0.39, 0.29) is 5.91 Å². The second kappa shape index (κ2) is 7.22. The van der Waals surface area contributed by atoms with Crippen LogP contribution in [0.25, 0.3) is 11.3 Å². The van der Waals surface area contributed by atoms with E-state index in [9.17, 15) is 4.79 Å². The van der Waals surface area contributed by atoms with Gasteiger partial charge in [0.25, 0.3) is 0 Å². The fourth-order valence-electron chi connectivity index (χ4n) is 3.34. The minimum atomic E-state index is -0.0450. The maximum atomic E-state index is 12.5. The molecule has 0 saturated carbocycles. The quantitative estimate of drug-likeness (QED) is 0.579. The van der Waals surface area contributed by atoms with Crippen molar-refractivity contribution in [1.29, 1.82) is 0 Å². The van der Waals surface area contributed by atoms with Gasteiger partial charge in [0.05, 0.1) is 11.4 Å². The molecule has 4 aromatic rings. The largest absolute Gasteiger partial charge is 0.326 e. The van der Waals surface area contributed by atoms with Crippen molar-refractivity contribution in [2.45, 2.75) is 33.6 Å². The number of aryl methyl sites for hydroxylation is 3. The van der Waals surface area contributed by atoms with E-state index >= 15 is 0 Å². The van der Waals surface area contributed by atoms with Crippen LogP contribution in [0.3, 0.4) is 0 Å². The first kappa shape index (κ1) is 17.8. The third-order valence-electron chi connectivity index (χ3n) is 4.74. The maximum Gasteiger partial charge on any atom is 0.224 e. The van der Waals surface area contributed by atoms with Crippen molar-refractivity contribution in [2.75, 3.05) is 5.32 Å². The molecule has 0 aliphatic heterocycles. The normalized spacial score (nSPS) is 11.1. The molecular weight excluding hydrogens is 354 g/mol. The summed E-state index contributed by atoms with van der Waals surface area (Å²) in [6, 6.07) is 9.52. The molecule has 0 fully saturated rings. The number of aromatic nitrogens is 6. The fraction of sp³-hybridized carbons (Fsp3) is 0.250. The molecule has 0 saturated heterocycles. The summed E-state index contributed by atoms with van der Waals surface area (Å²) in [5.74, 6) is -0.0450. The molecule has 0 bridgehead atoms. The molecule has 0 spiro atoms. The second-order valence-corrected chi connectivity index (χ2v) is 6.78. The minimum absolute atomic E-state index is 0.0450. The number of carbonyl (C=O) groups is 1. The first-order valence-electron chi connectivity index (χ1n) is 9.08. The van der Waals surface area contributed by atoms with Gasteiger partial charge in [0, 0.05) is 29.6 Å². The molecule has 1 aromatic carbocycles. The molecule has 8 heteroatoms. The SMILES string of the molecule is Cc1cc2nc(C)c(CCC(=O)Nc3cccc(-n4cnnc4)c3)c(C)n2n1. The standard InChI is InChI=1S/C20H21N7O/c1-13-9-19-23-14(2)18(15(3)27(19)25-13)7-8-20(28)24-16-5-4-6-17(10-16)26-11-21-22-12-26/h4-6,9-12H,7-8H2,1-3H3,(H,24,28). The molecule has 0 atom stereocenters. The highest BCUT2D eigenvalue weighted by atomic mass is 16.1. The summed E-state index contributed by atoms with van der Waals surface area (Å²) < 4.78 is 3.63. The van der Waals surface area contributed by atoms with Crippen LogP contribution in [0.2, 0.25) is 0 Å². The molecule has 0 radical (unpaired) electrons. The van der Waals surface area contributed by atoms with Crippen molar-refractivity contribution in [3.8, 4) is 5.69 Å². The molecule has 0 unspecified atom stereocenters. The minimum Gasteiger partial charge on any atom is -0.326 e. The molecule has 142 valence electrons. The van der Waals surface area contributed by atoms with Crippen LogP contribution in [0.15, 0.2) is 43.0 Å². The maximum absolute atomic E-state index is 12.5. The van der Waals surface area contributed by atoms with Gasteiger partial charge >= 0.3 is 0 Å². The zero-order valence-electron chi connectivity index (χ0n) is 16.0. The van der Waals surface area contributed by atoms with E-state index in [0.717, 1.165) is 39.7 Å². The number of hydrogen-bond acceptors (Lipinski definition) is 5. The fourth-order valence-corrected chi connectivity index (χ4v) is 3.34. The van der Waals surface area contributed by atoms with Crippen molar-refractivity contribution in [1.82, 2.24) is 29.4 Å². The van der Waals surface area contributed by atoms with E-state index in [2.05, 4.69) is 25.6 Å². The van der Waals surface area contributed by atoms with Gasteiger partial charge in [-0.25, -0.2) is 9.50 Å². The van der Waals surface area contributed by atoms with Gasteiger partial charge in [-0.1, -0.05) is 6.07 Å². The lowest BCUT2D eigenvalue weighted by molar-refractivity contribution is -0.116. The van der Waals surface area contributed by atoms with Gasteiger partial charge in [0.1, 0.15) is 12.7 Å². The lowest BCUT2D eigenvalue weighted by atomic mass is 10.1. The number of amides is 1. The molecule has 0 aliphatic carbocycles. The highest BCUT2D eigenvalue weighted by Crippen LogP contribution is 2.18. The molecule has 1 amide bonds. The van der Waals surface area contributed by atoms with Gasteiger partial charge in [-0.2, -0.15) is 5.10 Å². The summed E-state index contributed by atoms with van der Waals surface area (Å²) in [6.45, 7) is 5.94. The van der Waals surface area contributed by atoms with Crippen LogP contribution in [0.5, 0.6) is 0 Å². The third-order valence-corrected chi connectivity index (χ3v) is 4.74. The summed E-state index contributed by atoms with van der Waals surface area (Å²) in [7, 11) is 0. The van der Waals surface area contributed by atoms with Crippen LogP contribution in [0.1, 0.15) is 29.1 Å². The van der Waals surface area contributed by atoms with E-state index in [4.69, 9.17) is 0 Å². The lowest BCUT2D eigenvalue weighted by Gasteiger charge is -2.11. The predicted octanol–water partition coefficient (Wildman–Crippen LogP) is 2.81. The zero-order valence-corrected chi connectivity index (χ0v) is 16.0. The lowest BCUT2D eigenvalue weighted by Crippen LogP contribution is -2.14. The van der Waals surface area contributed by atoms with E-state index in [1.165, 1.54) is 0 Å². The van der Waals surface area contributed by atoms with Crippen LogP contribution in [0.4, 0.5) is 5.69 Å². The Labute approximate surface area is 162 Å². The van der Waals surface area contributed by atoms with Crippen LogP contribution in [-0.2, 0) is 11.2 Å². The monoisotopic (exact) mass is 375 g/mol. The van der Waals surface area contributed by atoms with Gasteiger partial charge in [-0.15, -0.1) is 10.2 Å². The number of nitrogens with zero attached hydrogens (tertiary/aromatic N) is 6. The van der Waals surface area contributed by atoms with Gasteiger partial charge in [-0.05, 0) is 51.0 Å². The Kier molecular flexibility index (Phi) is 4.60. The van der Waals surface area contributed by atoms with Crippen molar-refractivity contribution >= 4 is 17.2 Å². The van der Waals surface area contributed by atoms with Gasteiger partial charge < -0.3 is 5.32 Å². The highest BCUT2D eigenvalue weighted by Gasteiger charge is 2.13. The highest BCUT2D eigenvalue weighted by molar-refractivity contribution is 5.91. The number of carbonyl (C=O) groups excluding carboxylic acids is 1. The smallest absolute Gasteiger partial charge is 0.224 e. The predicted molar refractivity (Wildman–Crippen MR) is 106 cm³/mol. The van der Waals surface area contributed by atoms with Crippen LogP contribution in [-0.4, -0.2) is 35.3 Å². The Bertz CT molecular complexity index is 1150. The van der Waals surface area contributed by atoms with Crippen LogP contribution >= 0.6 is 0 Å². The third kappa shape index (κ3) is 3.48. The Hall–Kier alpha value is -3.55. The zero-order chi connectivity index (χ0) is 19.7. The number of fused-ring (bicyclic) bond motifs is 1. The average molecular weight is 375 g/mol. The molecule has 4 rings (SSSR count). The number of rotatable bonds is 5. The van der Waals surface area contributed by atoms with Crippen molar-refractivity contribution in [3.63, 3.8) is 0 Å². The number of anilines is 1. The van der Waals surface area contributed by atoms with Crippen molar-refractivity contribution in [2.24, 2.45) is 0 Å². The Morgan fingerprint density at radius 3 is 2.68 bits per heavy atom. The Balaban J connectivity index is 1.47. The first-order chi connectivity index (χ1) is 13.5. The molecule has 3 heterocycles. The molecule has 1 N–H and O–H groups in total. The van der Waals surface area contributed by atoms with E-state index < -0.39 is 0 Å². The molecule has 28 heavy (non-hydrogen) atoms. The molecule has 0 aliphatic rings. The first-order valence-corrected chi connectivity index (χ1v) is 9.08. The van der Waals surface area contributed by atoms with E-state index in [1.807, 2.05) is 55.6 Å². The second-order valence-electron chi connectivity index (χ2n) is 6.78. The molecule has 8 nitrogen and oxygen atoms in total. The van der Waals surface area contributed by atoms with Crippen LogP contribution in [0, 0.1) is 20.8 Å². The molecule has 3 aromatic heterocycles. The van der Waals surface area contributed by atoms with Gasteiger partial charge in [-0.3, -0.25) is 9.36 Å². The topological polar surface area (TPSA) is 90.0 Å². The van der Waals surface area contributed by atoms with Gasteiger partial charge in [0.2, 0.25) is 5.91 Å². The summed E-state index contributed by atoms with van der Waals surface area (Å²) in [6.07, 6.45) is 4.21. The number of hydrogen-bond donors (Lipinski definition) is 1. The molecular formula is C20H21N7O. The summed E-state index contributed by atoms with van der Waals surface area (Å²) in [4.78, 5) is 17.1. The van der Waals surface area contributed by atoms with Crippen LogP contribution < -0.4 is 5.32 Å². The number of nitrogens with one attached hydrogen (secondary N) is 1. The summed E-state index contributed by atoms with van der Waals surface area (Å²) in [5, 5.41) is 15.1. The summed E-state index contributed by atoms with van der Waals surface area (Å²) >= 11 is 0. The average Bonchev–Trinajstić information content (AvgIpc) is 3.31.